The molecule has 5 rings (SSSR count). The van der Waals surface area contributed by atoms with E-state index in [1.165, 1.54) is 45.2 Å². The molecule has 1 saturated carbocycles. The van der Waals surface area contributed by atoms with Crippen LogP contribution in [-0.2, 0) is 0 Å². The van der Waals surface area contributed by atoms with Gasteiger partial charge < -0.3 is 10.2 Å². The van der Waals surface area contributed by atoms with E-state index in [0.717, 1.165) is 49.1 Å². The zero-order valence-electron chi connectivity index (χ0n) is 20.5. The average Bonchev–Trinajstić information content (AvgIpc) is 3.23. The summed E-state index contributed by atoms with van der Waals surface area (Å²) in [5.74, 6) is 0.696. The molecular weight excluding hydrogens is 460 g/mol. The van der Waals surface area contributed by atoms with Gasteiger partial charge in [-0.2, -0.15) is 0 Å². The van der Waals surface area contributed by atoms with Crippen LogP contribution in [0, 0.1) is 6.92 Å². The third-order valence-electron chi connectivity index (χ3n) is 7.47. The molecule has 0 atom stereocenters. The SMILES string of the molecule is Cc1nc2cccnc2n1-c1cc(C(=O)NCCCN2CCN(C3CCCCC3)CC2)ccc1Cl. The van der Waals surface area contributed by atoms with E-state index in [9.17, 15) is 4.79 Å². The first-order valence-corrected chi connectivity index (χ1v) is 13.3. The zero-order chi connectivity index (χ0) is 24.2. The summed E-state index contributed by atoms with van der Waals surface area (Å²) in [5, 5.41) is 3.64. The van der Waals surface area contributed by atoms with Gasteiger partial charge in [0.25, 0.3) is 5.91 Å². The Morgan fingerprint density at radius 2 is 1.91 bits per heavy atom. The molecule has 0 bridgehead atoms. The molecule has 0 radical (unpaired) electrons. The lowest BCUT2D eigenvalue weighted by atomic mass is 9.94. The fourth-order valence-electron chi connectivity index (χ4n) is 5.54. The Bertz CT molecular complexity index is 1160. The fourth-order valence-corrected chi connectivity index (χ4v) is 5.75. The molecule has 0 spiro atoms. The lowest BCUT2D eigenvalue weighted by molar-refractivity contribution is 0.0779. The molecular formula is C27H35ClN6O. The molecule has 3 heterocycles. The number of nitrogens with one attached hydrogen (secondary N) is 1. The zero-order valence-corrected chi connectivity index (χ0v) is 21.3. The minimum Gasteiger partial charge on any atom is -0.352 e. The fraction of sp³-hybridized carbons (Fsp3) is 0.519. The first-order chi connectivity index (χ1) is 17.1. The topological polar surface area (TPSA) is 66.3 Å². The normalized spacial score (nSPS) is 18.2. The van der Waals surface area contributed by atoms with E-state index in [-0.39, 0.29) is 5.91 Å². The first kappa shape index (κ1) is 24.2. The summed E-state index contributed by atoms with van der Waals surface area (Å²) in [5.41, 5.74) is 2.83. The molecule has 0 unspecified atom stereocenters. The Morgan fingerprint density at radius 3 is 2.71 bits per heavy atom. The molecule has 1 saturated heterocycles. The van der Waals surface area contributed by atoms with Crippen molar-refractivity contribution < 1.29 is 4.79 Å². The van der Waals surface area contributed by atoms with Crippen LogP contribution in [0.4, 0.5) is 0 Å². The Balaban J connectivity index is 1.13. The monoisotopic (exact) mass is 494 g/mol. The third-order valence-corrected chi connectivity index (χ3v) is 7.79. The van der Waals surface area contributed by atoms with Crippen LogP contribution in [0.5, 0.6) is 0 Å². The summed E-state index contributed by atoms with van der Waals surface area (Å²) in [6.45, 7) is 8.24. The Kier molecular flexibility index (Phi) is 7.66. The van der Waals surface area contributed by atoms with E-state index in [1.807, 2.05) is 29.7 Å². The smallest absolute Gasteiger partial charge is 0.251 e. The van der Waals surface area contributed by atoms with Crippen molar-refractivity contribution in [3.8, 4) is 5.69 Å². The Hall–Kier alpha value is -2.48. The van der Waals surface area contributed by atoms with Gasteiger partial charge in [-0.05, 0) is 63.1 Å². The molecule has 2 aliphatic rings. The number of amides is 1. The van der Waals surface area contributed by atoms with Gasteiger partial charge >= 0.3 is 0 Å². The number of hydrogen-bond donors (Lipinski definition) is 1. The van der Waals surface area contributed by atoms with Gasteiger partial charge in [0, 0.05) is 50.5 Å². The van der Waals surface area contributed by atoms with Crippen molar-refractivity contribution >= 4 is 28.7 Å². The number of aromatic nitrogens is 3. The van der Waals surface area contributed by atoms with E-state index in [0.29, 0.717) is 22.8 Å². The second-order valence-electron chi connectivity index (χ2n) is 9.79. The maximum absolute atomic E-state index is 12.9. The van der Waals surface area contributed by atoms with Crippen molar-refractivity contribution in [2.24, 2.45) is 0 Å². The number of nitrogens with zero attached hydrogens (tertiary/aromatic N) is 5. The van der Waals surface area contributed by atoms with E-state index in [2.05, 4.69) is 25.1 Å². The van der Waals surface area contributed by atoms with Crippen molar-refractivity contribution in [1.29, 1.82) is 0 Å². The van der Waals surface area contributed by atoms with Crippen LogP contribution >= 0.6 is 11.6 Å². The minimum atomic E-state index is -0.0833. The number of rotatable bonds is 7. The lowest BCUT2D eigenvalue weighted by Gasteiger charge is -2.40. The van der Waals surface area contributed by atoms with Crippen LogP contribution in [0.25, 0.3) is 16.9 Å². The lowest BCUT2D eigenvalue weighted by Crippen LogP contribution is -2.51. The number of piperazine rings is 1. The van der Waals surface area contributed by atoms with Gasteiger partial charge in [0.2, 0.25) is 0 Å². The third kappa shape index (κ3) is 5.52. The van der Waals surface area contributed by atoms with E-state index < -0.39 is 0 Å². The highest BCUT2D eigenvalue weighted by atomic mass is 35.5. The van der Waals surface area contributed by atoms with Crippen LogP contribution in [-0.4, -0.2) is 75.6 Å². The maximum Gasteiger partial charge on any atom is 0.251 e. The predicted octanol–water partition coefficient (Wildman–Crippen LogP) is 4.45. The van der Waals surface area contributed by atoms with Crippen LogP contribution in [0.15, 0.2) is 36.5 Å². The molecule has 1 amide bonds. The van der Waals surface area contributed by atoms with Crippen molar-refractivity contribution in [3.63, 3.8) is 0 Å². The van der Waals surface area contributed by atoms with Crippen molar-refractivity contribution in [1.82, 2.24) is 29.7 Å². The minimum absolute atomic E-state index is 0.0833. The van der Waals surface area contributed by atoms with Gasteiger partial charge in [0.05, 0.1) is 10.7 Å². The molecule has 1 aromatic carbocycles. The molecule has 3 aromatic rings. The summed E-state index contributed by atoms with van der Waals surface area (Å²) < 4.78 is 1.90. The summed E-state index contributed by atoms with van der Waals surface area (Å²) in [7, 11) is 0. The molecule has 186 valence electrons. The second-order valence-corrected chi connectivity index (χ2v) is 10.2. The standard InChI is InChI=1S/C27H35ClN6O/c1-20-31-24-9-5-12-29-26(24)34(20)25-19-21(10-11-23(25)28)27(35)30-13-6-14-32-15-17-33(18-16-32)22-7-3-2-4-8-22/h5,9-12,19,22H,2-4,6-8,13-18H2,1H3,(H,30,35). The summed E-state index contributed by atoms with van der Waals surface area (Å²) in [6, 6.07) is 9.96. The van der Waals surface area contributed by atoms with Gasteiger partial charge in [-0.3, -0.25) is 14.3 Å². The molecule has 7 nitrogen and oxygen atoms in total. The van der Waals surface area contributed by atoms with E-state index in [4.69, 9.17) is 11.6 Å². The number of halogens is 1. The quantitative estimate of drug-likeness (QED) is 0.491. The van der Waals surface area contributed by atoms with Gasteiger partial charge in [-0.1, -0.05) is 30.9 Å². The number of pyridine rings is 1. The number of fused-ring (bicyclic) bond motifs is 1. The highest BCUT2D eigenvalue weighted by Gasteiger charge is 2.24. The van der Waals surface area contributed by atoms with Crippen LogP contribution < -0.4 is 5.32 Å². The number of carbonyl (C=O) groups is 1. The van der Waals surface area contributed by atoms with Crippen LogP contribution in [0.2, 0.25) is 5.02 Å². The molecule has 2 aromatic heterocycles. The van der Waals surface area contributed by atoms with Gasteiger partial charge in [-0.15, -0.1) is 0 Å². The number of aryl methyl sites for hydroxylation is 1. The molecule has 1 aliphatic carbocycles. The first-order valence-electron chi connectivity index (χ1n) is 12.9. The second kappa shape index (κ2) is 11.1. The molecule has 2 fully saturated rings. The van der Waals surface area contributed by atoms with Gasteiger partial charge in [0.15, 0.2) is 5.65 Å². The Morgan fingerprint density at radius 1 is 1.11 bits per heavy atom. The summed E-state index contributed by atoms with van der Waals surface area (Å²) in [4.78, 5) is 27.2. The largest absolute Gasteiger partial charge is 0.352 e. The number of hydrogen-bond acceptors (Lipinski definition) is 5. The Labute approximate surface area is 212 Å². The highest BCUT2D eigenvalue weighted by molar-refractivity contribution is 6.32. The van der Waals surface area contributed by atoms with Crippen molar-refractivity contribution in [2.45, 2.75) is 51.5 Å². The molecule has 8 heteroatoms. The van der Waals surface area contributed by atoms with Crippen molar-refractivity contribution in [2.75, 3.05) is 39.3 Å². The number of imidazole rings is 1. The molecule has 1 N–H and O–H groups in total. The molecule has 1 aliphatic heterocycles. The van der Waals surface area contributed by atoms with E-state index >= 15 is 0 Å². The van der Waals surface area contributed by atoms with Crippen molar-refractivity contribution in [3.05, 3.63) is 52.9 Å². The number of carbonyl (C=O) groups excluding carboxylic acids is 1. The van der Waals surface area contributed by atoms with Crippen LogP contribution in [0.1, 0.15) is 54.7 Å². The maximum atomic E-state index is 12.9. The average molecular weight is 495 g/mol. The summed E-state index contributed by atoms with van der Waals surface area (Å²) >= 11 is 6.52. The highest BCUT2D eigenvalue weighted by Crippen LogP contribution is 2.27. The van der Waals surface area contributed by atoms with Crippen LogP contribution in [0.3, 0.4) is 0 Å². The predicted molar refractivity (Wildman–Crippen MR) is 140 cm³/mol. The van der Waals surface area contributed by atoms with Gasteiger partial charge in [0.1, 0.15) is 11.3 Å². The number of benzene rings is 1. The van der Waals surface area contributed by atoms with Gasteiger partial charge in [-0.25, -0.2) is 9.97 Å². The molecule has 35 heavy (non-hydrogen) atoms. The van der Waals surface area contributed by atoms with E-state index in [1.54, 1.807) is 18.3 Å². The summed E-state index contributed by atoms with van der Waals surface area (Å²) in [6.07, 6.45) is 9.66.